The van der Waals surface area contributed by atoms with Gasteiger partial charge in [0, 0.05) is 25.9 Å². The second-order valence-corrected chi connectivity index (χ2v) is 8.04. The second-order valence-electron chi connectivity index (χ2n) is 5.77. The molecule has 0 bridgehead atoms. The van der Waals surface area contributed by atoms with Crippen molar-refractivity contribution >= 4 is 9.84 Å². The Morgan fingerprint density at radius 2 is 1.83 bits per heavy atom. The summed E-state index contributed by atoms with van der Waals surface area (Å²) in [4.78, 5) is 1.39. The molecule has 2 rings (SSSR count). The summed E-state index contributed by atoms with van der Waals surface area (Å²) in [6.45, 7) is -0.485. The van der Waals surface area contributed by atoms with E-state index in [-0.39, 0.29) is 19.5 Å². The highest BCUT2D eigenvalue weighted by Gasteiger charge is 2.53. The predicted molar refractivity (Wildman–Crippen MR) is 74.7 cm³/mol. The van der Waals surface area contributed by atoms with Gasteiger partial charge in [0.2, 0.25) is 0 Å². The van der Waals surface area contributed by atoms with Gasteiger partial charge in [0.25, 0.3) is 0 Å². The molecule has 0 radical (unpaired) electrons. The van der Waals surface area contributed by atoms with Crippen molar-refractivity contribution in [2.24, 2.45) is 5.92 Å². The Balaban J connectivity index is 2.06. The van der Waals surface area contributed by atoms with Crippen molar-refractivity contribution < 1.29 is 30.4 Å². The zero-order valence-corrected chi connectivity index (χ0v) is 13.1. The number of hydrogen-bond acceptors (Lipinski definition) is 3. The maximum absolute atomic E-state index is 13.1. The first-order chi connectivity index (χ1) is 10.5. The van der Waals surface area contributed by atoms with Crippen molar-refractivity contribution in [3.8, 4) is 0 Å². The number of hydrogen-bond donors (Lipinski definition) is 0. The lowest BCUT2D eigenvalue weighted by atomic mass is 10.1. The first-order valence-electron chi connectivity index (χ1n) is 6.90. The second kappa shape index (κ2) is 6.35. The zero-order chi connectivity index (χ0) is 17.4. The Morgan fingerprint density at radius 3 is 2.30 bits per heavy atom. The smallest absolute Gasteiger partial charge is 0.301 e. The van der Waals surface area contributed by atoms with Gasteiger partial charge in [0.1, 0.15) is 0 Å². The van der Waals surface area contributed by atoms with Crippen molar-refractivity contribution in [1.29, 1.82) is 0 Å². The maximum Gasteiger partial charge on any atom is 0.394 e. The van der Waals surface area contributed by atoms with Crippen LogP contribution in [0.1, 0.15) is 5.56 Å². The van der Waals surface area contributed by atoms with Crippen LogP contribution >= 0.6 is 0 Å². The van der Waals surface area contributed by atoms with Crippen LogP contribution in [-0.4, -0.2) is 50.6 Å². The molecule has 0 spiro atoms. The third-order valence-corrected chi connectivity index (χ3v) is 5.59. The molecular formula is C14H16F5NO2S. The molecule has 9 heteroatoms. The predicted octanol–water partition coefficient (Wildman–Crippen LogP) is 2.41. The monoisotopic (exact) mass is 357 g/mol. The van der Waals surface area contributed by atoms with Gasteiger partial charge in [0.15, 0.2) is 21.5 Å². The average molecular weight is 357 g/mol. The van der Waals surface area contributed by atoms with Crippen LogP contribution in [0.3, 0.4) is 0 Å². The Hall–Kier alpha value is -1.22. The van der Waals surface area contributed by atoms with E-state index in [1.54, 1.807) is 0 Å². The fraction of sp³-hybridized carbons (Fsp3) is 0.571. The van der Waals surface area contributed by atoms with Crippen LogP contribution in [-0.2, 0) is 16.3 Å². The van der Waals surface area contributed by atoms with Crippen LogP contribution in [0.15, 0.2) is 18.2 Å². The quantitative estimate of drug-likeness (QED) is 0.777. The Kier molecular flexibility index (Phi) is 5.00. The lowest BCUT2D eigenvalue weighted by Crippen LogP contribution is -2.37. The summed E-state index contributed by atoms with van der Waals surface area (Å²) in [5, 5.41) is -1.49. The number of nitrogens with zero attached hydrogens (tertiary/aromatic N) is 1. The highest BCUT2D eigenvalue weighted by molar-refractivity contribution is 7.91. The SMILES string of the molecule is CS(=O)(=O)[C@@H]1CN(CCc2ccc(F)c(F)c2)C[C@H]1C(F)(F)F. The van der Waals surface area contributed by atoms with Gasteiger partial charge in [-0.25, -0.2) is 17.2 Å². The van der Waals surface area contributed by atoms with Gasteiger partial charge in [-0.15, -0.1) is 0 Å². The van der Waals surface area contributed by atoms with Crippen LogP contribution in [0, 0.1) is 17.6 Å². The normalized spacial score (nSPS) is 23.4. The van der Waals surface area contributed by atoms with E-state index in [1.165, 1.54) is 11.0 Å². The number of rotatable bonds is 4. The van der Waals surface area contributed by atoms with E-state index >= 15 is 0 Å². The number of benzene rings is 1. The molecule has 1 aliphatic rings. The fourth-order valence-electron chi connectivity index (χ4n) is 2.76. The number of likely N-dealkylation sites (tertiary alicyclic amines) is 1. The molecule has 1 aromatic carbocycles. The molecule has 0 saturated carbocycles. The molecule has 1 aliphatic heterocycles. The Bertz CT molecular complexity index is 674. The maximum atomic E-state index is 13.1. The molecule has 1 heterocycles. The topological polar surface area (TPSA) is 37.4 Å². The van der Waals surface area contributed by atoms with E-state index in [0.717, 1.165) is 18.4 Å². The molecule has 3 nitrogen and oxygen atoms in total. The van der Waals surface area contributed by atoms with E-state index in [4.69, 9.17) is 0 Å². The third-order valence-electron chi connectivity index (χ3n) is 4.01. The van der Waals surface area contributed by atoms with Crippen LogP contribution in [0.25, 0.3) is 0 Å². The highest BCUT2D eigenvalue weighted by Crippen LogP contribution is 2.36. The van der Waals surface area contributed by atoms with Gasteiger partial charge in [-0.1, -0.05) is 6.07 Å². The summed E-state index contributed by atoms with van der Waals surface area (Å²) in [6.07, 6.45) is -3.59. The molecule has 130 valence electrons. The number of sulfone groups is 1. The standard InChI is InChI=1S/C14H16F5NO2S/c1-23(21,22)13-8-20(7-10(13)14(17,18)19)5-4-9-2-3-11(15)12(16)6-9/h2-3,6,10,13H,4-5,7-8H2,1H3/t10-,13-/m1/s1. The van der Waals surface area contributed by atoms with Crippen molar-refractivity contribution in [2.45, 2.75) is 17.8 Å². The molecule has 1 aromatic rings. The first kappa shape index (κ1) is 18.1. The molecular weight excluding hydrogens is 341 g/mol. The molecule has 0 aromatic heterocycles. The Labute approximate surface area is 131 Å². The van der Waals surface area contributed by atoms with E-state index in [1.807, 2.05) is 0 Å². The molecule has 23 heavy (non-hydrogen) atoms. The minimum Gasteiger partial charge on any atom is -0.301 e. The molecule has 0 unspecified atom stereocenters. The lowest BCUT2D eigenvalue weighted by Gasteiger charge is -2.19. The third kappa shape index (κ3) is 4.41. The molecule has 2 atom stereocenters. The summed E-state index contributed by atoms with van der Waals surface area (Å²) in [7, 11) is -3.83. The summed E-state index contributed by atoms with van der Waals surface area (Å²) in [6, 6.07) is 3.29. The largest absolute Gasteiger partial charge is 0.394 e. The Morgan fingerprint density at radius 1 is 1.17 bits per heavy atom. The summed E-state index contributed by atoms with van der Waals surface area (Å²) in [5.74, 6) is -3.95. The van der Waals surface area contributed by atoms with E-state index in [0.29, 0.717) is 5.56 Å². The minimum atomic E-state index is -4.59. The van der Waals surface area contributed by atoms with Crippen molar-refractivity contribution in [1.82, 2.24) is 4.90 Å². The summed E-state index contributed by atoms with van der Waals surface area (Å²) < 4.78 is 88.1. The highest BCUT2D eigenvalue weighted by atomic mass is 32.2. The van der Waals surface area contributed by atoms with Crippen LogP contribution in [0.5, 0.6) is 0 Å². The average Bonchev–Trinajstić information content (AvgIpc) is 2.84. The molecule has 1 saturated heterocycles. The van der Waals surface area contributed by atoms with E-state index in [2.05, 4.69) is 0 Å². The molecule has 0 N–H and O–H groups in total. The number of halogens is 5. The first-order valence-corrected chi connectivity index (χ1v) is 8.86. The van der Waals surface area contributed by atoms with Crippen molar-refractivity contribution in [3.05, 3.63) is 35.4 Å². The van der Waals surface area contributed by atoms with Gasteiger partial charge in [-0.3, -0.25) is 0 Å². The van der Waals surface area contributed by atoms with Crippen molar-refractivity contribution in [3.63, 3.8) is 0 Å². The minimum absolute atomic E-state index is 0.143. The van der Waals surface area contributed by atoms with Crippen LogP contribution in [0.4, 0.5) is 22.0 Å². The van der Waals surface area contributed by atoms with E-state index in [9.17, 15) is 30.4 Å². The number of alkyl halides is 3. The van der Waals surface area contributed by atoms with Gasteiger partial charge in [-0.05, 0) is 24.1 Å². The molecule has 0 amide bonds. The fourth-order valence-corrected chi connectivity index (χ4v) is 4.08. The van der Waals surface area contributed by atoms with Crippen molar-refractivity contribution in [2.75, 3.05) is 25.9 Å². The van der Waals surface area contributed by atoms with Gasteiger partial charge < -0.3 is 4.90 Å². The van der Waals surface area contributed by atoms with Gasteiger partial charge in [-0.2, -0.15) is 13.2 Å². The van der Waals surface area contributed by atoms with Crippen LogP contribution < -0.4 is 0 Å². The van der Waals surface area contributed by atoms with E-state index < -0.39 is 45.4 Å². The van der Waals surface area contributed by atoms with Crippen LogP contribution in [0.2, 0.25) is 0 Å². The van der Waals surface area contributed by atoms with Gasteiger partial charge >= 0.3 is 6.18 Å². The molecule has 1 fully saturated rings. The summed E-state index contributed by atoms with van der Waals surface area (Å²) >= 11 is 0. The summed E-state index contributed by atoms with van der Waals surface area (Å²) in [5.41, 5.74) is 0.440. The zero-order valence-electron chi connectivity index (χ0n) is 12.3. The molecule has 0 aliphatic carbocycles. The lowest BCUT2D eigenvalue weighted by molar-refractivity contribution is -0.169. The van der Waals surface area contributed by atoms with Gasteiger partial charge in [0.05, 0.1) is 11.2 Å².